The van der Waals surface area contributed by atoms with Crippen LogP contribution in [0.1, 0.15) is 33.0 Å². The first-order valence-corrected chi connectivity index (χ1v) is 7.11. The maximum atomic E-state index is 5.35. The third-order valence-electron chi connectivity index (χ3n) is 2.03. The van der Waals surface area contributed by atoms with Gasteiger partial charge in [-0.15, -0.1) is 11.8 Å². The summed E-state index contributed by atoms with van der Waals surface area (Å²) >= 11 is 1.72. The zero-order valence-electron chi connectivity index (χ0n) is 10.8. The molecule has 0 radical (unpaired) electrons. The van der Waals surface area contributed by atoms with Crippen LogP contribution >= 0.6 is 11.8 Å². The number of hydrogen-bond acceptors (Lipinski definition) is 5. The topological polar surface area (TPSA) is 47.0 Å². The Morgan fingerprint density at radius 2 is 2.12 bits per heavy atom. The maximum Gasteiger partial charge on any atom is 0.157 e. The van der Waals surface area contributed by atoms with Crippen molar-refractivity contribution < 1.29 is 4.74 Å². The Labute approximate surface area is 108 Å². The van der Waals surface area contributed by atoms with E-state index in [9.17, 15) is 0 Å². The molecule has 0 aliphatic rings. The smallest absolute Gasteiger partial charge is 0.157 e. The number of nitrogens with one attached hydrogen (secondary N) is 1. The summed E-state index contributed by atoms with van der Waals surface area (Å²) in [7, 11) is 0. The van der Waals surface area contributed by atoms with Crippen molar-refractivity contribution in [3.8, 4) is 0 Å². The maximum absolute atomic E-state index is 5.35. The van der Waals surface area contributed by atoms with E-state index in [-0.39, 0.29) is 0 Å². The second-order valence-corrected chi connectivity index (χ2v) is 4.79. The van der Waals surface area contributed by atoms with Crippen LogP contribution in [0.5, 0.6) is 0 Å². The summed E-state index contributed by atoms with van der Waals surface area (Å²) in [5, 5.41) is 4.30. The minimum absolute atomic E-state index is 0.482. The molecule has 0 unspecified atom stereocenters. The Hall–Kier alpha value is -0.810. The molecule has 0 aromatic carbocycles. The van der Waals surface area contributed by atoms with E-state index >= 15 is 0 Å². The average molecular weight is 255 g/mol. The molecule has 0 atom stereocenters. The van der Waals surface area contributed by atoms with Gasteiger partial charge in [0.25, 0.3) is 0 Å². The Bertz CT molecular complexity index is 307. The normalized spacial score (nSPS) is 10.5. The van der Waals surface area contributed by atoms with Crippen molar-refractivity contribution in [1.82, 2.24) is 9.97 Å². The minimum atomic E-state index is 0.482. The summed E-state index contributed by atoms with van der Waals surface area (Å²) in [6.45, 7) is 8.33. The molecule has 5 heteroatoms. The average Bonchev–Trinajstić information content (AvgIpc) is 2.34. The molecular weight excluding hydrogens is 234 g/mol. The number of rotatable bonds is 8. The van der Waals surface area contributed by atoms with Crippen LogP contribution in [-0.4, -0.2) is 28.9 Å². The van der Waals surface area contributed by atoms with Crippen molar-refractivity contribution in [3.05, 3.63) is 11.9 Å². The first kappa shape index (κ1) is 14.3. The van der Waals surface area contributed by atoms with Crippen molar-refractivity contribution >= 4 is 17.6 Å². The molecule has 0 spiro atoms. The van der Waals surface area contributed by atoms with Crippen LogP contribution in [0.25, 0.3) is 0 Å². The summed E-state index contributed by atoms with van der Waals surface area (Å²) in [5.74, 6) is 2.66. The number of aromatic nitrogens is 2. The Morgan fingerprint density at radius 1 is 1.29 bits per heavy atom. The molecule has 1 rings (SSSR count). The third-order valence-corrected chi connectivity index (χ3v) is 2.83. The predicted octanol–water partition coefficient (Wildman–Crippen LogP) is 2.95. The second kappa shape index (κ2) is 8.31. The van der Waals surface area contributed by atoms with E-state index in [2.05, 4.69) is 29.1 Å². The lowest BCUT2D eigenvalue weighted by atomic mass is 10.4. The van der Waals surface area contributed by atoms with E-state index in [1.54, 1.807) is 11.8 Å². The molecule has 1 N–H and O–H groups in total. The van der Waals surface area contributed by atoms with Gasteiger partial charge in [0, 0.05) is 19.2 Å². The second-order valence-electron chi connectivity index (χ2n) is 3.50. The first-order chi connectivity index (χ1) is 8.30. The monoisotopic (exact) mass is 255 g/mol. The molecule has 1 aromatic rings. The van der Waals surface area contributed by atoms with Gasteiger partial charge in [-0.25, -0.2) is 9.97 Å². The van der Waals surface area contributed by atoms with E-state index in [4.69, 9.17) is 4.74 Å². The van der Waals surface area contributed by atoms with Gasteiger partial charge in [-0.05, 0) is 19.1 Å². The number of thioether (sulfide) groups is 1. The molecule has 0 saturated carbocycles. The van der Waals surface area contributed by atoms with Gasteiger partial charge in [0.1, 0.15) is 17.5 Å². The van der Waals surface area contributed by atoms with E-state index < -0.39 is 0 Å². The van der Waals surface area contributed by atoms with Crippen molar-refractivity contribution in [1.29, 1.82) is 0 Å². The van der Waals surface area contributed by atoms with Crippen LogP contribution in [0.4, 0.5) is 5.82 Å². The molecule has 17 heavy (non-hydrogen) atoms. The van der Waals surface area contributed by atoms with Gasteiger partial charge < -0.3 is 10.1 Å². The summed E-state index contributed by atoms with van der Waals surface area (Å²) < 4.78 is 5.35. The van der Waals surface area contributed by atoms with E-state index in [0.29, 0.717) is 13.2 Å². The highest BCUT2D eigenvalue weighted by Gasteiger charge is 2.04. The van der Waals surface area contributed by atoms with Gasteiger partial charge >= 0.3 is 0 Å². The van der Waals surface area contributed by atoms with Crippen molar-refractivity contribution in [2.24, 2.45) is 0 Å². The molecule has 1 aromatic heterocycles. The molecule has 1 heterocycles. The molecular formula is C12H21N3OS. The van der Waals surface area contributed by atoms with Crippen LogP contribution in [0.3, 0.4) is 0 Å². The predicted molar refractivity (Wildman–Crippen MR) is 72.5 cm³/mol. The highest BCUT2D eigenvalue weighted by Crippen LogP contribution is 2.18. The van der Waals surface area contributed by atoms with Crippen molar-refractivity contribution in [3.63, 3.8) is 0 Å². The van der Waals surface area contributed by atoms with Crippen LogP contribution in [0.15, 0.2) is 11.1 Å². The molecule has 0 aliphatic carbocycles. The quantitative estimate of drug-likeness (QED) is 0.571. The fraction of sp³-hybridized carbons (Fsp3) is 0.667. The van der Waals surface area contributed by atoms with Gasteiger partial charge in [0.2, 0.25) is 0 Å². The Morgan fingerprint density at radius 3 is 2.76 bits per heavy atom. The fourth-order valence-corrected chi connectivity index (χ4v) is 1.96. The summed E-state index contributed by atoms with van der Waals surface area (Å²) in [5.41, 5.74) is 0. The van der Waals surface area contributed by atoms with Crippen molar-refractivity contribution in [2.45, 2.75) is 38.8 Å². The van der Waals surface area contributed by atoms with E-state index in [1.165, 1.54) is 0 Å². The number of hydrogen-bond donors (Lipinski definition) is 1. The molecule has 96 valence electrons. The zero-order valence-corrected chi connectivity index (χ0v) is 11.6. The number of ether oxygens (including phenoxy) is 1. The van der Waals surface area contributed by atoms with Gasteiger partial charge in [0.15, 0.2) is 5.82 Å². The molecule has 4 nitrogen and oxygen atoms in total. The lowest BCUT2D eigenvalue weighted by Crippen LogP contribution is -2.07. The van der Waals surface area contributed by atoms with Gasteiger partial charge in [-0.2, -0.15) is 0 Å². The van der Waals surface area contributed by atoms with Gasteiger partial charge in [-0.1, -0.05) is 13.8 Å². The number of anilines is 1. The van der Waals surface area contributed by atoms with Gasteiger partial charge in [-0.3, -0.25) is 0 Å². The molecule has 0 aliphatic heterocycles. The fourth-order valence-electron chi connectivity index (χ4n) is 1.30. The Kier molecular flexibility index (Phi) is 6.96. The highest BCUT2D eigenvalue weighted by atomic mass is 32.2. The summed E-state index contributed by atoms with van der Waals surface area (Å²) in [6, 6.07) is 2.00. The van der Waals surface area contributed by atoms with Crippen LogP contribution in [-0.2, 0) is 11.3 Å². The minimum Gasteiger partial charge on any atom is -0.374 e. The Balaban J connectivity index is 2.76. The molecule has 0 bridgehead atoms. The zero-order chi connectivity index (χ0) is 12.5. The summed E-state index contributed by atoms with van der Waals surface area (Å²) in [6.07, 6.45) is 1.08. The van der Waals surface area contributed by atoms with E-state index in [0.717, 1.165) is 35.4 Å². The highest BCUT2D eigenvalue weighted by molar-refractivity contribution is 7.99. The lowest BCUT2D eigenvalue weighted by Gasteiger charge is -2.08. The van der Waals surface area contributed by atoms with Gasteiger partial charge in [0.05, 0.1) is 0 Å². The summed E-state index contributed by atoms with van der Waals surface area (Å²) in [4.78, 5) is 8.89. The van der Waals surface area contributed by atoms with E-state index in [1.807, 2.05) is 13.0 Å². The standard InChI is InChI=1S/C12H21N3OS/c1-4-7-13-10-8-12(17-6-3)15-11(14-10)9-16-5-2/h8H,4-7,9H2,1-3H3,(H,13,14,15). The van der Waals surface area contributed by atoms with Crippen LogP contribution in [0.2, 0.25) is 0 Å². The molecule has 0 fully saturated rings. The first-order valence-electron chi connectivity index (χ1n) is 6.12. The molecule has 0 amide bonds. The largest absolute Gasteiger partial charge is 0.374 e. The molecule has 0 saturated heterocycles. The van der Waals surface area contributed by atoms with Crippen molar-refractivity contribution in [2.75, 3.05) is 24.2 Å². The van der Waals surface area contributed by atoms with Crippen LogP contribution < -0.4 is 5.32 Å². The number of nitrogens with zero attached hydrogens (tertiary/aromatic N) is 2. The van der Waals surface area contributed by atoms with Crippen LogP contribution in [0, 0.1) is 0 Å². The lowest BCUT2D eigenvalue weighted by molar-refractivity contribution is 0.128. The SMILES string of the molecule is CCCNc1cc(SCC)nc(COCC)n1. The third kappa shape index (κ3) is 5.37.